The van der Waals surface area contributed by atoms with Crippen LogP contribution < -0.4 is 5.32 Å². The van der Waals surface area contributed by atoms with E-state index in [9.17, 15) is 4.79 Å². The van der Waals surface area contributed by atoms with Crippen molar-refractivity contribution in [1.82, 2.24) is 10.2 Å². The van der Waals surface area contributed by atoms with Crippen LogP contribution in [0.2, 0.25) is 0 Å². The summed E-state index contributed by atoms with van der Waals surface area (Å²) in [4.78, 5) is 15.3. The van der Waals surface area contributed by atoms with Gasteiger partial charge in [-0.2, -0.15) is 0 Å². The minimum absolute atomic E-state index is 0.192. The number of nitrogens with one attached hydrogen (secondary N) is 1. The van der Waals surface area contributed by atoms with Gasteiger partial charge in [-0.1, -0.05) is 40.0 Å². The molecule has 3 rings (SSSR count). The predicted octanol–water partition coefficient (Wildman–Crippen LogP) is 3.44. The largest absolute Gasteiger partial charge is 0.323 e. The second-order valence-electron chi connectivity index (χ2n) is 7.98. The average Bonchev–Trinajstić information content (AvgIpc) is 2.96. The Balaban J connectivity index is 1.82. The van der Waals surface area contributed by atoms with Gasteiger partial charge in [-0.05, 0) is 43.9 Å². The third-order valence-corrected chi connectivity index (χ3v) is 5.84. The van der Waals surface area contributed by atoms with Crippen LogP contribution in [0.1, 0.15) is 78.6 Å². The normalized spacial score (nSPS) is 36.0. The van der Waals surface area contributed by atoms with Crippen LogP contribution in [-0.2, 0) is 4.79 Å². The van der Waals surface area contributed by atoms with Crippen molar-refractivity contribution in [3.63, 3.8) is 0 Å². The molecular formula is C17H30N2O. The summed E-state index contributed by atoms with van der Waals surface area (Å²) in [6.07, 6.45) is 10.8. The smallest absolute Gasteiger partial charge is 0.244 e. The molecule has 1 spiro atoms. The van der Waals surface area contributed by atoms with E-state index in [4.69, 9.17) is 0 Å². The minimum atomic E-state index is -0.192. The van der Waals surface area contributed by atoms with Crippen LogP contribution in [0.15, 0.2) is 0 Å². The van der Waals surface area contributed by atoms with Crippen LogP contribution in [-0.4, -0.2) is 28.6 Å². The lowest BCUT2D eigenvalue weighted by Crippen LogP contribution is -2.48. The van der Waals surface area contributed by atoms with Crippen LogP contribution >= 0.6 is 0 Å². The van der Waals surface area contributed by atoms with Crippen molar-refractivity contribution in [2.75, 3.05) is 0 Å². The molecule has 2 atom stereocenters. The van der Waals surface area contributed by atoms with Gasteiger partial charge < -0.3 is 4.90 Å². The maximum Gasteiger partial charge on any atom is 0.244 e. The molecule has 1 heterocycles. The molecule has 1 saturated heterocycles. The number of hydrogen-bond acceptors (Lipinski definition) is 2. The van der Waals surface area contributed by atoms with Crippen molar-refractivity contribution in [2.45, 2.75) is 96.3 Å². The van der Waals surface area contributed by atoms with Crippen molar-refractivity contribution in [3.8, 4) is 0 Å². The first-order valence-corrected chi connectivity index (χ1v) is 8.58. The summed E-state index contributed by atoms with van der Waals surface area (Å²) in [7, 11) is 0. The topological polar surface area (TPSA) is 32.3 Å². The standard InChI is InChI=1S/C17H30N2O/c1-4-14-18-17(10-5-6-11-17)15(20)19(14)13-8-7-9-16(2,3)12-13/h13-14,18H,4-12H2,1-3H3. The minimum Gasteiger partial charge on any atom is -0.323 e. The highest BCUT2D eigenvalue weighted by molar-refractivity contribution is 5.89. The molecule has 0 bridgehead atoms. The summed E-state index contributed by atoms with van der Waals surface area (Å²) in [5.74, 6) is 0.421. The summed E-state index contributed by atoms with van der Waals surface area (Å²) in [5.41, 5.74) is 0.204. The fraction of sp³-hybridized carbons (Fsp3) is 0.941. The average molecular weight is 278 g/mol. The second kappa shape index (κ2) is 5.01. The SMILES string of the molecule is CCC1NC2(CCCC2)C(=O)N1C1CCCC(C)(C)C1. The van der Waals surface area contributed by atoms with Gasteiger partial charge in [0.1, 0.15) is 0 Å². The number of carbonyl (C=O) groups is 1. The van der Waals surface area contributed by atoms with Gasteiger partial charge in [0.2, 0.25) is 5.91 Å². The van der Waals surface area contributed by atoms with Crippen LogP contribution in [0.4, 0.5) is 0 Å². The molecule has 3 fully saturated rings. The molecule has 0 aromatic heterocycles. The van der Waals surface area contributed by atoms with Crippen LogP contribution in [0.3, 0.4) is 0 Å². The van der Waals surface area contributed by atoms with Gasteiger partial charge >= 0.3 is 0 Å². The Morgan fingerprint density at radius 3 is 2.50 bits per heavy atom. The van der Waals surface area contributed by atoms with E-state index in [-0.39, 0.29) is 11.7 Å². The number of amides is 1. The van der Waals surface area contributed by atoms with Crippen LogP contribution in [0.5, 0.6) is 0 Å². The molecule has 20 heavy (non-hydrogen) atoms. The summed E-state index contributed by atoms with van der Waals surface area (Å²) >= 11 is 0. The molecule has 2 saturated carbocycles. The van der Waals surface area contributed by atoms with Crippen molar-refractivity contribution < 1.29 is 4.79 Å². The second-order valence-corrected chi connectivity index (χ2v) is 7.98. The van der Waals surface area contributed by atoms with Gasteiger partial charge in [0.05, 0.1) is 11.7 Å². The first kappa shape index (κ1) is 14.4. The zero-order chi connectivity index (χ0) is 14.4. The summed E-state index contributed by atoms with van der Waals surface area (Å²) in [6.45, 7) is 6.93. The highest BCUT2D eigenvalue weighted by Crippen LogP contribution is 2.43. The molecule has 0 aromatic carbocycles. The summed E-state index contributed by atoms with van der Waals surface area (Å²) in [6, 6.07) is 0.462. The Morgan fingerprint density at radius 2 is 1.90 bits per heavy atom. The molecule has 0 radical (unpaired) electrons. The van der Waals surface area contributed by atoms with Crippen molar-refractivity contribution in [3.05, 3.63) is 0 Å². The molecule has 2 aliphatic carbocycles. The molecule has 2 unspecified atom stereocenters. The number of carbonyl (C=O) groups excluding carboxylic acids is 1. The molecule has 114 valence electrons. The van der Waals surface area contributed by atoms with Gasteiger partial charge in [0.15, 0.2) is 0 Å². The molecular weight excluding hydrogens is 248 g/mol. The lowest BCUT2D eigenvalue weighted by molar-refractivity contribution is -0.136. The fourth-order valence-corrected chi connectivity index (χ4v) is 4.79. The molecule has 1 N–H and O–H groups in total. The fourth-order valence-electron chi connectivity index (χ4n) is 4.79. The lowest BCUT2D eigenvalue weighted by atomic mass is 9.74. The first-order chi connectivity index (χ1) is 9.47. The predicted molar refractivity (Wildman–Crippen MR) is 81.3 cm³/mol. The van der Waals surface area contributed by atoms with Gasteiger partial charge in [-0.15, -0.1) is 0 Å². The Hall–Kier alpha value is -0.570. The third-order valence-electron chi connectivity index (χ3n) is 5.84. The number of nitrogens with zero attached hydrogens (tertiary/aromatic N) is 1. The summed E-state index contributed by atoms with van der Waals surface area (Å²) in [5, 5.41) is 3.72. The van der Waals surface area contributed by atoms with E-state index in [1.165, 1.54) is 38.5 Å². The Bertz CT molecular complexity index is 384. The van der Waals surface area contributed by atoms with Crippen LogP contribution in [0, 0.1) is 5.41 Å². The zero-order valence-electron chi connectivity index (χ0n) is 13.4. The van der Waals surface area contributed by atoms with E-state index in [1.807, 2.05) is 0 Å². The summed E-state index contributed by atoms with van der Waals surface area (Å²) < 4.78 is 0. The monoisotopic (exact) mass is 278 g/mol. The van der Waals surface area contributed by atoms with E-state index < -0.39 is 0 Å². The number of rotatable bonds is 2. The van der Waals surface area contributed by atoms with Gasteiger partial charge in [0, 0.05) is 6.04 Å². The van der Waals surface area contributed by atoms with E-state index >= 15 is 0 Å². The molecule has 1 aliphatic heterocycles. The van der Waals surface area contributed by atoms with E-state index in [1.54, 1.807) is 0 Å². The van der Waals surface area contributed by atoms with Gasteiger partial charge in [0.25, 0.3) is 0 Å². The molecule has 3 aliphatic rings. The highest BCUT2D eigenvalue weighted by atomic mass is 16.2. The highest BCUT2D eigenvalue weighted by Gasteiger charge is 2.54. The van der Waals surface area contributed by atoms with Crippen LogP contribution in [0.25, 0.3) is 0 Å². The van der Waals surface area contributed by atoms with E-state index in [2.05, 4.69) is 31.0 Å². The zero-order valence-corrected chi connectivity index (χ0v) is 13.4. The molecule has 3 nitrogen and oxygen atoms in total. The third kappa shape index (κ3) is 2.28. The molecule has 0 aromatic rings. The Labute approximate surface area is 123 Å². The first-order valence-electron chi connectivity index (χ1n) is 8.58. The van der Waals surface area contributed by atoms with E-state index in [0.29, 0.717) is 17.4 Å². The quantitative estimate of drug-likeness (QED) is 0.839. The van der Waals surface area contributed by atoms with E-state index in [0.717, 1.165) is 19.3 Å². The maximum absolute atomic E-state index is 13.1. The Kier molecular flexibility index (Phi) is 3.60. The Morgan fingerprint density at radius 1 is 1.20 bits per heavy atom. The van der Waals surface area contributed by atoms with Gasteiger partial charge in [-0.3, -0.25) is 10.1 Å². The molecule has 3 heteroatoms. The molecule has 1 amide bonds. The van der Waals surface area contributed by atoms with Crippen molar-refractivity contribution in [2.24, 2.45) is 5.41 Å². The van der Waals surface area contributed by atoms with Gasteiger partial charge in [-0.25, -0.2) is 0 Å². The lowest BCUT2D eigenvalue weighted by Gasteiger charge is -2.41. The number of hydrogen-bond donors (Lipinski definition) is 1. The maximum atomic E-state index is 13.1. The van der Waals surface area contributed by atoms with Crippen molar-refractivity contribution >= 4 is 5.91 Å². The van der Waals surface area contributed by atoms with Crippen molar-refractivity contribution in [1.29, 1.82) is 0 Å².